The Bertz CT molecular complexity index is 328. The summed E-state index contributed by atoms with van der Waals surface area (Å²) in [4.78, 5) is 0. The van der Waals surface area contributed by atoms with E-state index in [4.69, 9.17) is 0 Å². The number of phenols is 1. The molecule has 3 atom stereocenters. The quantitative estimate of drug-likeness (QED) is 0.717. The topological polar surface area (TPSA) is 20.2 Å². The van der Waals surface area contributed by atoms with Crippen LogP contribution in [0.15, 0.2) is 24.3 Å². The molecule has 1 nitrogen and oxygen atoms in total. The summed E-state index contributed by atoms with van der Waals surface area (Å²) in [5.74, 6) is 3.11. The first-order chi connectivity index (χ1) is 6.83. The molecule has 0 aliphatic heterocycles. The molecule has 1 aromatic carbocycles. The van der Waals surface area contributed by atoms with Gasteiger partial charge in [-0.05, 0) is 54.7 Å². The summed E-state index contributed by atoms with van der Waals surface area (Å²) >= 11 is 0. The maximum Gasteiger partial charge on any atom is 0.115 e. The fraction of sp³-hybridized carbons (Fsp3) is 0.538. The fourth-order valence-electron chi connectivity index (χ4n) is 3.37. The van der Waals surface area contributed by atoms with Crippen LogP contribution < -0.4 is 0 Å². The monoisotopic (exact) mass is 188 g/mol. The molecule has 1 heteroatoms. The lowest BCUT2D eigenvalue weighted by Gasteiger charge is -2.21. The van der Waals surface area contributed by atoms with E-state index < -0.39 is 0 Å². The van der Waals surface area contributed by atoms with E-state index in [9.17, 15) is 5.11 Å². The molecular formula is C13H16O. The van der Waals surface area contributed by atoms with Crippen LogP contribution in [0.3, 0.4) is 0 Å². The molecule has 1 N–H and O–H groups in total. The van der Waals surface area contributed by atoms with Gasteiger partial charge < -0.3 is 5.11 Å². The first-order valence-electron chi connectivity index (χ1n) is 5.62. The normalized spacial score (nSPS) is 35.0. The molecule has 3 rings (SSSR count). The molecule has 0 spiro atoms. The lowest BCUT2D eigenvalue weighted by Crippen LogP contribution is -2.07. The first-order valence-corrected chi connectivity index (χ1v) is 5.62. The third-order valence-electron chi connectivity index (χ3n) is 4.06. The number of hydrogen-bond donors (Lipinski definition) is 1. The Morgan fingerprint density at radius 2 is 1.79 bits per heavy atom. The van der Waals surface area contributed by atoms with Gasteiger partial charge in [-0.2, -0.15) is 0 Å². The molecule has 2 fully saturated rings. The van der Waals surface area contributed by atoms with Crippen molar-refractivity contribution in [3.63, 3.8) is 0 Å². The molecule has 14 heavy (non-hydrogen) atoms. The van der Waals surface area contributed by atoms with Crippen molar-refractivity contribution in [3.05, 3.63) is 29.8 Å². The molecule has 0 amide bonds. The summed E-state index contributed by atoms with van der Waals surface area (Å²) in [5, 5.41) is 9.23. The van der Waals surface area contributed by atoms with Crippen molar-refractivity contribution < 1.29 is 5.11 Å². The average molecular weight is 188 g/mol. The molecular weight excluding hydrogens is 172 g/mol. The maximum atomic E-state index is 9.23. The van der Waals surface area contributed by atoms with E-state index in [1.54, 1.807) is 0 Å². The Labute approximate surface area is 84.8 Å². The van der Waals surface area contributed by atoms with Crippen LogP contribution in [0.2, 0.25) is 0 Å². The highest BCUT2D eigenvalue weighted by Gasteiger charge is 2.39. The van der Waals surface area contributed by atoms with Gasteiger partial charge in [-0.3, -0.25) is 0 Å². The Hall–Kier alpha value is -0.980. The largest absolute Gasteiger partial charge is 0.508 e. The van der Waals surface area contributed by atoms with Crippen molar-refractivity contribution in [2.75, 3.05) is 0 Å². The molecule has 2 aliphatic rings. The second-order valence-corrected chi connectivity index (χ2v) is 4.87. The molecule has 74 valence electrons. The van der Waals surface area contributed by atoms with Crippen molar-refractivity contribution >= 4 is 0 Å². The van der Waals surface area contributed by atoms with Crippen LogP contribution in [-0.4, -0.2) is 5.11 Å². The Morgan fingerprint density at radius 3 is 2.36 bits per heavy atom. The average Bonchev–Trinajstić information content (AvgIpc) is 2.80. The van der Waals surface area contributed by atoms with Gasteiger partial charge >= 0.3 is 0 Å². The highest BCUT2D eigenvalue weighted by Crippen LogP contribution is 2.52. The second kappa shape index (κ2) is 3.01. The number of benzene rings is 1. The van der Waals surface area contributed by atoms with E-state index in [0.717, 1.165) is 17.8 Å². The van der Waals surface area contributed by atoms with E-state index in [-0.39, 0.29) is 0 Å². The summed E-state index contributed by atoms with van der Waals surface area (Å²) in [5.41, 5.74) is 1.44. The number of aromatic hydroxyl groups is 1. The third-order valence-corrected chi connectivity index (χ3v) is 4.06. The van der Waals surface area contributed by atoms with E-state index in [2.05, 4.69) is 12.1 Å². The van der Waals surface area contributed by atoms with Gasteiger partial charge in [0.2, 0.25) is 0 Å². The molecule has 2 bridgehead atoms. The molecule has 0 saturated heterocycles. The zero-order chi connectivity index (χ0) is 9.54. The number of rotatable bonds is 1. The van der Waals surface area contributed by atoms with Gasteiger partial charge in [-0.25, -0.2) is 0 Å². The highest BCUT2D eigenvalue weighted by atomic mass is 16.3. The minimum absolute atomic E-state index is 0.386. The molecule has 2 saturated carbocycles. The molecule has 0 aromatic heterocycles. The van der Waals surface area contributed by atoms with E-state index in [1.165, 1.54) is 31.2 Å². The van der Waals surface area contributed by atoms with Crippen LogP contribution in [0, 0.1) is 11.8 Å². The Balaban J connectivity index is 1.86. The Morgan fingerprint density at radius 1 is 1.00 bits per heavy atom. The predicted molar refractivity (Wildman–Crippen MR) is 56.3 cm³/mol. The van der Waals surface area contributed by atoms with Gasteiger partial charge in [-0.15, -0.1) is 0 Å². The van der Waals surface area contributed by atoms with Crippen LogP contribution in [0.25, 0.3) is 0 Å². The van der Waals surface area contributed by atoms with Gasteiger partial charge in [0.05, 0.1) is 0 Å². The molecule has 0 heterocycles. The summed E-state index contributed by atoms with van der Waals surface area (Å²) in [7, 11) is 0. The van der Waals surface area contributed by atoms with Gasteiger partial charge in [0, 0.05) is 0 Å². The lowest BCUT2D eigenvalue weighted by atomic mass is 9.83. The van der Waals surface area contributed by atoms with Crippen molar-refractivity contribution in [1.29, 1.82) is 0 Å². The number of fused-ring (bicyclic) bond motifs is 2. The van der Waals surface area contributed by atoms with Crippen molar-refractivity contribution in [1.82, 2.24) is 0 Å². The SMILES string of the molecule is Oc1ccc([C@@H]2C[C@H]3CC[C@@H]2C3)cc1. The van der Waals surface area contributed by atoms with E-state index in [0.29, 0.717) is 5.75 Å². The number of hydrogen-bond acceptors (Lipinski definition) is 1. The fourth-order valence-corrected chi connectivity index (χ4v) is 3.37. The molecule has 2 aliphatic carbocycles. The summed E-state index contributed by atoms with van der Waals surface area (Å²) in [6, 6.07) is 7.84. The third kappa shape index (κ3) is 1.23. The molecule has 1 aromatic rings. The van der Waals surface area contributed by atoms with Crippen molar-refractivity contribution in [2.24, 2.45) is 11.8 Å². The smallest absolute Gasteiger partial charge is 0.115 e. The minimum atomic E-state index is 0.386. The summed E-state index contributed by atoms with van der Waals surface area (Å²) < 4.78 is 0. The van der Waals surface area contributed by atoms with Crippen LogP contribution in [0.4, 0.5) is 0 Å². The maximum absolute atomic E-state index is 9.23. The van der Waals surface area contributed by atoms with Crippen LogP contribution in [-0.2, 0) is 0 Å². The molecule has 0 unspecified atom stereocenters. The van der Waals surface area contributed by atoms with Gasteiger partial charge in [0.25, 0.3) is 0 Å². The predicted octanol–water partition coefficient (Wildman–Crippen LogP) is 3.30. The highest BCUT2D eigenvalue weighted by molar-refractivity contribution is 5.30. The van der Waals surface area contributed by atoms with E-state index in [1.807, 2.05) is 12.1 Å². The first kappa shape index (κ1) is 8.34. The lowest BCUT2D eigenvalue weighted by molar-refractivity contribution is 0.419. The number of phenolic OH excluding ortho intramolecular Hbond substituents is 1. The zero-order valence-corrected chi connectivity index (χ0v) is 8.32. The van der Waals surface area contributed by atoms with Gasteiger partial charge in [-0.1, -0.05) is 18.6 Å². The van der Waals surface area contributed by atoms with Crippen molar-refractivity contribution in [2.45, 2.75) is 31.6 Å². The molecule has 0 radical (unpaired) electrons. The second-order valence-electron chi connectivity index (χ2n) is 4.87. The van der Waals surface area contributed by atoms with Crippen LogP contribution in [0.1, 0.15) is 37.2 Å². The Kier molecular flexibility index (Phi) is 1.79. The van der Waals surface area contributed by atoms with Crippen LogP contribution in [0.5, 0.6) is 5.75 Å². The minimum Gasteiger partial charge on any atom is -0.508 e. The summed E-state index contributed by atoms with van der Waals surface area (Å²) in [6.45, 7) is 0. The standard InChI is InChI=1S/C13H16O/c14-12-5-3-10(4-6-12)13-8-9-1-2-11(13)7-9/h3-6,9,11,13-14H,1-2,7-8H2/t9-,11+,13-/m0/s1. The summed E-state index contributed by atoms with van der Waals surface area (Å²) in [6.07, 6.45) is 5.72. The van der Waals surface area contributed by atoms with Crippen LogP contribution >= 0.6 is 0 Å². The zero-order valence-electron chi connectivity index (χ0n) is 8.32. The van der Waals surface area contributed by atoms with Crippen molar-refractivity contribution in [3.8, 4) is 5.75 Å². The van der Waals surface area contributed by atoms with Gasteiger partial charge in [0.1, 0.15) is 5.75 Å². The van der Waals surface area contributed by atoms with E-state index >= 15 is 0 Å². The van der Waals surface area contributed by atoms with Gasteiger partial charge in [0.15, 0.2) is 0 Å².